The molecule has 1 aromatic rings. The molecule has 2 aliphatic rings. The van der Waals surface area contributed by atoms with Gasteiger partial charge in [-0.25, -0.2) is 0 Å². The van der Waals surface area contributed by atoms with E-state index in [2.05, 4.69) is 0 Å². The van der Waals surface area contributed by atoms with Gasteiger partial charge in [-0.3, -0.25) is 4.79 Å². The van der Waals surface area contributed by atoms with Crippen molar-refractivity contribution in [1.82, 2.24) is 4.90 Å². The highest BCUT2D eigenvalue weighted by Crippen LogP contribution is 2.36. The third-order valence-electron chi connectivity index (χ3n) is 5.41. The zero-order chi connectivity index (χ0) is 17.9. The Morgan fingerprint density at radius 3 is 2.72 bits per heavy atom. The van der Waals surface area contributed by atoms with Gasteiger partial charge in [0.15, 0.2) is 11.5 Å². The number of amides is 1. The third-order valence-corrected chi connectivity index (χ3v) is 5.41. The molecule has 6 heteroatoms. The Morgan fingerprint density at radius 1 is 1.32 bits per heavy atom. The van der Waals surface area contributed by atoms with Crippen molar-refractivity contribution in [3.63, 3.8) is 0 Å². The van der Waals surface area contributed by atoms with Crippen molar-refractivity contribution in [2.24, 2.45) is 0 Å². The number of aliphatic hydroxyl groups excluding tert-OH is 1. The van der Waals surface area contributed by atoms with Crippen LogP contribution in [0.3, 0.4) is 0 Å². The summed E-state index contributed by atoms with van der Waals surface area (Å²) in [6.07, 6.45) is 2.93. The summed E-state index contributed by atoms with van der Waals surface area (Å²) in [5.41, 5.74) is 0.365. The van der Waals surface area contributed by atoms with Crippen molar-refractivity contribution in [1.29, 1.82) is 0 Å². The molecular weight excluding hydrogens is 322 g/mol. The Balaban J connectivity index is 1.64. The number of carbonyl (C=O) groups is 1. The summed E-state index contributed by atoms with van der Waals surface area (Å²) in [5, 5.41) is 10.3. The molecule has 25 heavy (non-hydrogen) atoms. The van der Waals surface area contributed by atoms with Crippen LogP contribution < -0.4 is 9.47 Å². The number of para-hydroxylation sites is 1. The number of methoxy groups -OCH3 is 2. The van der Waals surface area contributed by atoms with Gasteiger partial charge in [-0.2, -0.15) is 0 Å². The van der Waals surface area contributed by atoms with Crippen LogP contribution in [0, 0.1) is 0 Å². The first kappa shape index (κ1) is 18.0. The van der Waals surface area contributed by atoms with Crippen LogP contribution in [0.25, 0.3) is 0 Å². The maximum atomic E-state index is 12.7. The van der Waals surface area contributed by atoms with E-state index in [1.54, 1.807) is 14.2 Å². The maximum absolute atomic E-state index is 12.7. The van der Waals surface area contributed by atoms with E-state index in [9.17, 15) is 9.90 Å². The number of piperidine rings is 1. The van der Waals surface area contributed by atoms with Crippen LogP contribution >= 0.6 is 0 Å². The number of rotatable bonds is 4. The van der Waals surface area contributed by atoms with Crippen LogP contribution in [-0.4, -0.2) is 61.5 Å². The number of hydrogen-bond donors (Lipinski definition) is 1. The van der Waals surface area contributed by atoms with Crippen LogP contribution in [0.15, 0.2) is 18.2 Å². The van der Waals surface area contributed by atoms with Gasteiger partial charge in [-0.05, 0) is 31.7 Å². The summed E-state index contributed by atoms with van der Waals surface area (Å²) in [7, 11) is 3.17. The second kappa shape index (κ2) is 7.62. The molecule has 0 radical (unpaired) electrons. The van der Waals surface area contributed by atoms with Crippen molar-refractivity contribution < 1.29 is 24.1 Å². The fourth-order valence-corrected chi connectivity index (χ4v) is 3.89. The molecule has 2 aliphatic heterocycles. The Morgan fingerprint density at radius 2 is 2.08 bits per heavy atom. The van der Waals surface area contributed by atoms with E-state index in [1.165, 1.54) is 0 Å². The lowest BCUT2D eigenvalue weighted by Crippen LogP contribution is -2.56. The monoisotopic (exact) mass is 349 g/mol. The summed E-state index contributed by atoms with van der Waals surface area (Å²) < 4.78 is 16.6. The molecule has 0 unspecified atom stereocenters. The number of carbonyl (C=O) groups excluding carboxylic acids is 1. The van der Waals surface area contributed by atoms with Gasteiger partial charge in [-0.1, -0.05) is 12.1 Å². The fourth-order valence-electron chi connectivity index (χ4n) is 3.89. The summed E-state index contributed by atoms with van der Waals surface area (Å²) in [6, 6.07) is 5.57. The Kier molecular flexibility index (Phi) is 5.49. The van der Waals surface area contributed by atoms with E-state index in [0.717, 1.165) is 18.4 Å². The second-order valence-electron chi connectivity index (χ2n) is 6.78. The topological polar surface area (TPSA) is 68.2 Å². The molecule has 1 atom stereocenters. The minimum Gasteiger partial charge on any atom is -0.493 e. The normalized spacial score (nSPS) is 22.7. The van der Waals surface area contributed by atoms with E-state index >= 15 is 0 Å². The van der Waals surface area contributed by atoms with E-state index < -0.39 is 11.7 Å². The average molecular weight is 349 g/mol. The van der Waals surface area contributed by atoms with Gasteiger partial charge < -0.3 is 24.2 Å². The number of likely N-dealkylation sites (tertiary alicyclic amines) is 1. The van der Waals surface area contributed by atoms with Gasteiger partial charge in [0.1, 0.15) is 0 Å². The van der Waals surface area contributed by atoms with E-state index in [1.807, 2.05) is 23.1 Å². The molecule has 0 aliphatic carbocycles. The zero-order valence-corrected chi connectivity index (χ0v) is 15.0. The minimum atomic E-state index is -0.456. The van der Waals surface area contributed by atoms with Crippen LogP contribution in [0.4, 0.5) is 0 Å². The van der Waals surface area contributed by atoms with Gasteiger partial charge in [-0.15, -0.1) is 0 Å². The van der Waals surface area contributed by atoms with Crippen molar-refractivity contribution in [3.8, 4) is 11.5 Å². The first-order valence-electron chi connectivity index (χ1n) is 8.89. The van der Waals surface area contributed by atoms with Crippen molar-refractivity contribution in [2.75, 3.05) is 33.9 Å². The summed E-state index contributed by atoms with van der Waals surface area (Å²) in [4.78, 5) is 14.6. The number of aliphatic hydroxyl groups is 1. The molecule has 0 bridgehead atoms. The van der Waals surface area contributed by atoms with E-state index in [-0.39, 0.29) is 12.3 Å². The average Bonchev–Trinajstić information content (AvgIpc) is 2.64. The first-order chi connectivity index (χ1) is 12.1. The minimum absolute atomic E-state index is 0.0618. The SMILES string of the molecule is COc1cccc(CC(=O)N2CCC3(CC2)OCCC[C@@H]3O)c1OC. The summed E-state index contributed by atoms with van der Waals surface area (Å²) in [6.45, 7) is 1.93. The van der Waals surface area contributed by atoms with Gasteiger partial charge in [0.25, 0.3) is 0 Å². The lowest BCUT2D eigenvalue weighted by molar-refractivity contribution is -0.179. The Hall–Kier alpha value is -1.79. The van der Waals surface area contributed by atoms with Crippen LogP contribution in [0.2, 0.25) is 0 Å². The zero-order valence-electron chi connectivity index (χ0n) is 15.0. The lowest BCUT2D eigenvalue weighted by atomic mass is 9.82. The molecule has 6 nitrogen and oxygen atoms in total. The Bertz CT molecular complexity index is 610. The molecule has 1 spiro atoms. The van der Waals surface area contributed by atoms with Crippen molar-refractivity contribution in [2.45, 2.75) is 43.8 Å². The van der Waals surface area contributed by atoms with Gasteiger partial charge >= 0.3 is 0 Å². The highest BCUT2D eigenvalue weighted by molar-refractivity contribution is 5.80. The molecular formula is C19H27NO5. The standard InChI is InChI=1S/C19H27NO5/c1-23-15-6-3-5-14(18(15)24-2)13-17(22)20-10-8-19(9-11-20)16(21)7-4-12-25-19/h3,5-6,16,21H,4,7-13H2,1-2H3/t16-/m0/s1. The molecule has 138 valence electrons. The molecule has 2 fully saturated rings. The number of hydrogen-bond acceptors (Lipinski definition) is 5. The molecule has 1 amide bonds. The number of benzene rings is 1. The molecule has 2 saturated heterocycles. The molecule has 1 aromatic carbocycles. The first-order valence-corrected chi connectivity index (χ1v) is 8.89. The molecule has 2 heterocycles. The molecule has 3 rings (SSSR count). The smallest absolute Gasteiger partial charge is 0.227 e. The molecule has 1 N–H and O–H groups in total. The highest BCUT2D eigenvalue weighted by atomic mass is 16.5. The highest BCUT2D eigenvalue weighted by Gasteiger charge is 2.44. The third kappa shape index (κ3) is 3.60. The molecule has 0 saturated carbocycles. The van der Waals surface area contributed by atoms with Gasteiger partial charge in [0.05, 0.1) is 32.3 Å². The lowest BCUT2D eigenvalue weighted by Gasteiger charge is -2.46. The number of nitrogens with zero attached hydrogens (tertiary/aromatic N) is 1. The summed E-state index contributed by atoms with van der Waals surface area (Å²) in [5.74, 6) is 1.30. The van der Waals surface area contributed by atoms with Crippen LogP contribution in [0.5, 0.6) is 11.5 Å². The quantitative estimate of drug-likeness (QED) is 0.897. The predicted molar refractivity (Wildman–Crippen MR) is 93.0 cm³/mol. The molecule has 0 aromatic heterocycles. The van der Waals surface area contributed by atoms with Crippen LogP contribution in [0.1, 0.15) is 31.2 Å². The van der Waals surface area contributed by atoms with Gasteiger partial charge in [0, 0.05) is 25.3 Å². The van der Waals surface area contributed by atoms with E-state index in [0.29, 0.717) is 44.0 Å². The predicted octanol–water partition coefficient (Wildman–Crippen LogP) is 1.78. The van der Waals surface area contributed by atoms with Gasteiger partial charge in [0.2, 0.25) is 5.91 Å². The second-order valence-corrected chi connectivity index (χ2v) is 6.78. The maximum Gasteiger partial charge on any atom is 0.227 e. The largest absolute Gasteiger partial charge is 0.493 e. The van der Waals surface area contributed by atoms with Crippen LogP contribution in [-0.2, 0) is 16.0 Å². The van der Waals surface area contributed by atoms with Crippen molar-refractivity contribution in [3.05, 3.63) is 23.8 Å². The fraction of sp³-hybridized carbons (Fsp3) is 0.632. The Labute approximate surface area is 148 Å². The summed E-state index contributed by atoms with van der Waals surface area (Å²) >= 11 is 0. The van der Waals surface area contributed by atoms with Crippen molar-refractivity contribution >= 4 is 5.91 Å². The van der Waals surface area contributed by atoms with E-state index in [4.69, 9.17) is 14.2 Å². The number of ether oxygens (including phenoxy) is 3.